The Morgan fingerprint density at radius 2 is 1.80 bits per heavy atom. The zero-order chi connectivity index (χ0) is 11.6. The second-order valence-electron chi connectivity index (χ2n) is 2.46. The average Bonchev–Trinajstić information content (AvgIpc) is 2.16. The largest absolute Gasteiger partial charge is 0.478 e. The summed E-state index contributed by atoms with van der Waals surface area (Å²) in [7, 11) is 0. The highest BCUT2D eigenvalue weighted by atomic mass is 16.6. The first-order valence-electron chi connectivity index (χ1n) is 3.54. The van der Waals surface area contributed by atoms with Crippen LogP contribution >= 0.6 is 0 Å². The van der Waals surface area contributed by atoms with Gasteiger partial charge in [-0.15, -0.1) is 0 Å². The molecule has 15 heavy (non-hydrogen) atoms. The molecule has 78 valence electrons. The van der Waals surface area contributed by atoms with Gasteiger partial charge in [0.2, 0.25) is 0 Å². The molecule has 0 spiro atoms. The number of carboxylic acid groups (broad SMARTS) is 2. The van der Waals surface area contributed by atoms with Gasteiger partial charge >= 0.3 is 17.8 Å². The number of aromatic nitrogens is 1. The highest BCUT2D eigenvalue weighted by Gasteiger charge is 2.22. The normalized spacial score (nSPS) is 9.60. The molecule has 0 radical (unpaired) electrons. The zero-order valence-electron chi connectivity index (χ0n) is 7.08. The van der Waals surface area contributed by atoms with Gasteiger partial charge in [0.25, 0.3) is 0 Å². The van der Waals surface area contributed by atoms with Crippen LogP contribution in [-0.2, 0) is 0 Å². The van der Waals surface area contributed by atoms with Gasteiger partial charge in [-0.05, 0) is 9.91 Å². The first-order chi connectivity index (χ1) is 6.93. The summed E-state index contributed by atoms with van der Waals surface area (Å²) >= 11 is 0. The van der Waals surface area contributed by atoms with E-state index in [4.69, 9.17) is 10.2 Å². The minimum atomic E-state index is -1.56. The maximum atomic E-state index is 10.6. The fourth-order valence-electron chi connectivity index (χ4n) is 0.892. The van der Waals surface area contributed by atoms with Crippen LogP contribution in [0.5, 0.6) is 0 Å². The van der Waals surface area contributed by atoms with Crippen LogP contribution in [0.1, 0.15) is 20.7 Å². The third-order valence-electron chi connectivity index (χ3n) is 1.54. The highest BCUT2D eigenvalue weighted by Crippen LogP contribution is 2.14. The van der Waals surface area contributed by atoms with E-state index in [9.17, 15) is 19.7 Å². The molecule has 1 rings (SSSR count). The van der Waals surface area contributed by atoms with E-state index in [-0.39, 0.29) is 0 Å². The second-order valence-corrected chi connectivity index (χ2v) is 2.46. The Bertz CT molecular complexity index is 455. The number of hydrogen-bond donors (Lipinski definition) is 2. The number of nitrogens with zero attached hydrogens (tertiary/aromatic N) is 2. The third-order valence-corrected chi connectivity index (χ3v) is 1.54. The molecule has 0 unspecified atom stereocenters. The van der Waals surface area contributed by atoms with Gasteiger partial charge in [0.15, 0.2) is 6.20 Å². The van der Waals surface area contributed by atoms with Crippen LogP contribution in [0.25, 0.3) is 0 Å². The number of nitro groups is 1. The lowest BCUT2D eigenvalue weighted by atomic mass is 10.1. The van der Waals surface area contributed by atoms with E-state index in [1.807, 2.05) is 0 Å². The van der Waals surface area contributed by atoms with Crippen molar-refractivity contribution in [2.45, 2.75) is 0 Å². The van der Waals surface area contributed by atoms with Crippen LogP contribution < -0.4 is 0 Å². The summed E-state index contributed by atoms with van der Waals surface area (Å²) < 4.78 is 0. The van der Waals surface area contributed by atoms with Crippen molar-refractivity contribution in [2.75, 3.05) is 0 Å². The fraction of sp³-hybridized carbons (Fsp3) is 0. The second kappa shape index (κ2) is 3.70. The molecule has 0 bridgehead atoms. The molecule has 1 aromatic heterocycles. The number of carboxylic acids is 2. The number of rotatable bonds is 3. The number of carbonyl (C=O) groups is 2. The van der Waals surface area contributed by atoms with Gasteiger partial charge in [0.1, 0.15) is 5.56 Å². The maximum Gasteiger partial charge on any atom is 0.364 e. The first kappa shape index (κ1) is 10.6. The molecule has 0 aromatic carbocycles. The highest BCUT2D eigenvalue weighted by molar-refractivity contribution is 6.01. The van der Waals surface area contributed by atoms with E-state index in [1.165, 1.54) is 0 Å². The van der Waals surface area contributed by atoms with E-state index >= 15 is 0 Å². The summed E-state index contributed by atoms with van der Waals surface area (Å²) in [6.07, 6.45) is 0.643. The smallest absolute Gasteiger partial charge is 0.364 e. The molecule has 0 aliphatic heterocycles. The number of aromatic carboxylic acids is 2. The van der Waals surface area contributed by atoms with Gasteiger partial charge in [-0.25, -0.2) is 9.59 Å². The van der Waals surface area contributed by atoms with Crippen LogP contribution in [0.2, 0.25) is 0 Å². The predicted octanol–water partition coefficient (Wildman–Crippen LogP) is 0.386. The van der Waals surface area contributed by atoms with Crippen molar-refractivity contribution in [3.8, 4) is 0 Å². The minimum Gasteiger partial charge on any atom is -0.478 e. The summed E-state index contributed by atoms with van der Waals surface area (Å²) in [5, 5.41) is 27.4. The lowest BCUT2D eigenvalue weighted by molar-refractivity contribution is -0.389. The molecule has 8 heteroatoms. The predicted molar refractivity (Wildman–Crippen MR) is 44.8 cm³/mol. The Balaban J connectivity index is 3.40. The average molecular weight is 212 g/mol. The van der Waals surface area contributed by atoms with Crippen LogP contribution in [0.3, 0.4) is 0 Å². The van der Waals surface area contributed by atoms with Crippen molar-refractivity contribution in [2.24, 2.45) is 0 Å². The third kappa shape index (κ3) is 2.05. The number of hydrogen-bond acceptors (Lipinski definition) is 5. The van der Waals surface area contributed by atoms with Crippen LogP contribution in [0, 0.1) is 10.1 Å². The molecular weight excluding hydrogens is 208 g/mol. The van der Waals surface area contributed by atoms with Gasteiger partial charge in [0, 0.05) is 0 Å². The molecule has 8 nitrogen and oxygen atoms in total. The maximum absolute atomic E-state index is 10.6. The lowest BCUT2D eigenvalue weighted by Crippen LogP contribution is -2.09. The van der Waals surface area contributed by atoms with Crippen LogP contribution in [0.4, 0.5) is 5.82 Å². The van der Waals surface area contributed by atoms with E-state index in [1.54, 1.807) is 0 Å². The molecule has 0 aliphatic carbocycles. The van der Waals surface area contributed by atoms with E-state index < -0.39 is 33.8 Å². The molecule has 0 aliphatic rings. The fourth-order valence-corrected chi connectivity index (χ4v) is 0.892. The standard InChI is InChI=1S/C7H4N2O6/c10-6(11)3-1-5(9(14)15)8-2-4(3)7(12)13/h1-2H,(H,10,11)(H,12,13). The van der Waals surface area contributed by atoms with Crippen molar-refractivity contribution in [1.29, 1.82) is 0 Å². The molecule has 0 saturated heterocycles. The van der Waals surface area contributed by atoms with Crippen LogP contribution in [0.15, 0.2) is 12.3 Å². The topological polar surface area (TPSA) is 131 Å². The van der Waals surface area contributed by atoms with E-state index in [0.29, 0.717) is 12.3 Å². The first-order valence-corrected chi connectivity index (χ1v) is 3.54. The summed E-state index contributed by atoms with van der Waals surface area (Å²) in [6.45, 7) is 0. The summed E-state index contributed by atoms with van der Waals surface area (Å²) in [4.78, 5) is 33.7. The van der Waals surface area contributed by atoms with Crippen molar-refractivity contribution >= 4 is 17.8 Å². The lowest BCUT2D eigenvalue weighted by Gasteiger charge is -1.98. The molecule has 0 saturated carbocycles. The quantitative estimate of drug-likeness (QED) is 0.546. The molecule has 2 N–H and O–H groups in total. The molecule has 0 atom stereocenters. The Hall–Kier alpha value is -2.51. The van der Waals surface area contributed by atoms with Gasteiger partial charge in [-0.3, -0.25) is 0 Å². The van der Waals surface area contributed by atoms with Crippen molar-refractivity contribution < 1.29 is 24.7 Å². The van der Waals surface area contributed by atoms with E-state index in [2.05, 4.69) is 4.98 Å². The van der Waals surface area contributed by atoms with Gasteiger partial charge in [-0.2, -0.15) is 0 Å². The summed E-state index contributed by atoms with van der Waals surface area (Å²) in [5.74, 6) is -3.77. The van der Waals surface area contributed by atoms with Gasteiger partial charge < -0.3 is 20.3 Å². The van der Waals surface area contributed by atoms with Gasteiger partial charge in [-0.1, -0.05) is 0 Å². The van der Waals surface area contributed by atoms with Crippen LogP contribution in [-0.4, -0.2) is 32.1 Å². The monoisotopic (exact) mass is 212 g/mol. The molecule has 1 aromatic rings. The van der Waals surface area contributed by atoms with Crippen molar-refractivity contribution in [3.05, 3.63) is 33.5 Å². The number of pyridine rings is 1. The Kier molecular flexibility index (Phi) is 2.61. The minimum absolute atomic E-state index is 0.590. The Labute approximate surface area is 81.9 Å². The SMILES string of the molecule is O=C(O)c1cnc([N+](=O)[O-])cc1C(=O)O. The molecular formula is C7H4N2O6. The van der Waals surface area contributed by atoms with E-state index in [0.717, 1.165) is 0 Å². The van der Waals surface area contributed by atoms with Gasteiger partial charge in [0.05, 0.1) is 11.6 Å². The Morgan fingerprint density at radius 3 is 2.20 bits per heavy atom. The summed E-state index contributed by atoms with van der Waals surface area (Å²) in [6, 6.07) is 0.603. The molecule has 0 amide bonds. The van der Waals surface area contributed by atoms with Crippen molar-refractivity contribution in [1.82, 2.24) is 4.98 Å². The molecule has 1 heterocycles. The van der Waals surface area contributed by atoms with Crippen molar-refractivity contribution in [3.63, 3.8) is 0 Å². The molecule has 0 fully saturated rings. The Morgan fingerprint density at radius 1 is 1.27 bits per heavy atom. The summed E-state index contributed by atoms with van der Waals surface area (Å²) in [5.41, 5.74) is -1.25. The zero-order valence-corrected chi connectivity index (χ0v) is 7.08.